The fourth-order valence-electron chi connectivity index (χ4n) is 2.88. The van der Waals surface area contributed by atoms with E-state index in [1.165, 1.54) is 0 Å². The fraction of sp³-hybridized carbons (Fsp3) is 0.923. The molecule has 4 heteroatoms. The number of carbonyl (C=O) groups is 1. The lowest BCUT2D eigenvalue weighted by atomic mass is 9.82. The minimum atomic E-state index is -0.610. The molecule has 5 unspecified atom stereocenters. The molecule has 1 saturated heterocycles. The Hall–Kier alpha value is -0.220. The lowest BCUT2D eigenvalue weighted by Crippen LogP contribution is -2.34. The van der Waals surface area contributed by atoms with Crippen LogP contribution < -0.4 is 0 Å². The van der Waals surface area contributed by atoms with Gasteiger partial charge in [0.2, 0.25) is 0 Å². The quantitative estimate of drug-likeness (QED) is 0.845. The average Bonchev–Trinajstić information content (AvgIpc) is 2.64. The SMILES string of the molecule is CC1CCC(C(=O)O)C(SC2CCOC2C)C1. The molecule has 2 aliphatic rings. The van der Waals surface area contributed by atoms with Gasteiger partial charge in [0.15, 0.2) is 0 Å². The van der Waals surface area contributed by atoms with Crippen molar-refractivity contribution in [3.05, 3.63) is 0 Å². The van der Waals surface area contributed by atoms with Crippen LogP contribution in [0.4, 0.5) is 0 Å². The highest BCUT2D eigenvalue weighted by Crippen LogP contribution is 2.41. The molecule has 0 radical (unpaired) electrons. The van der Waals surface area contributed by atoms with E-state index in [1.54, 1.807) is 0 Å². The summed E-state index contributed by atoms with van der Waals surface area (Å²) in [5.41, 5.74) is 0. The third-order valence-corrected chi connectivity index (χ3v) is 5.87. The zero-order chi connectivity index (χ0) is 12.4. The molecule has 0 bridgehead atoms. The van der Waals surface area contributed by atoms with Crippen LogP contribution in [0.15, 0.2) is 0 Å². The zero-order valence-corrected chi connectivity index (χ0v) is 11.4. The van der Waals surface area contributed by atoms with Gasteiger partial charge in [-0.25, -0.2) is 0 Å². The minimum Gasteiger partial charge on any atom is -0.481 e. The Morgan fingerprint density at radius 1 is 1.24 bits per heavy atom. The fourth-order valence-corrected chi connectivity index (χ4v) is 4.74. The van der Waals surface area contributed by atoms with Crippen LogP contribution in [0.3, 0.4) is 0 Å². The molecule has 1 heterocycles. The molecule has 5 atom stereocenters. The van der Waals surface area contributed by atoms with Gasteiger partial charge in [0.1, 0.15) is 0 Å². The molecule has 0 aromatic carbocycles. The molecule has 1 saturated carbocycles. The summed E-state index contributed by atoms with van der Waals surface area (Å²) in [4.78, 5) is 11.3. The van der Waals surface area contributed by atoms with Crippen molar-refractivity contribution < 1.29 is 14.6 Å². The van der Waals surface area contributed by atoms with Crippen molar-refractivity contribution in [2.75, 3.05) is 6.61 Å². The number of aliphatic carboxylic acids is 1. The predicted molar refractivity (Wildman–Crippen MR) is 69.3 cm³/mol. The Morgan fingerprint density at radius 2 is 2.00 bits per heavy atom. The summed E-state index contributed by atoms with van der Waals surface area (Å²) in [6, 6.07) is 0. The third-order valence-electron chi connectivity index (χ3n) is 4.03. The van der Waals surface area contributed by atoms with Crippen molar-refractivity contribution in [1.82, 2.24) is 0 Å². The minimum absolute atomic E-state index is 0.149. The Morgan fingerprint density at radius 3 is 2.59 bits per heavy atom. The van der Waals surface area contributed by atoms with E-state index >= 15 is 0 Å². The van der Waals surface area contributed by atoms with E-state index in [-0.39, 0.29) is 17.3 Å². The van der Waals surface area contributed by atoms with Gasteiger partial charge in [-0.3, -0.25) is 4.79 Å². The van der Waals surface area contributed by atoms with E-state index in [9.17, 15) is 9.90 Å². The second kappa shape index (κ2) is 5.61. The molecule has 1 aliphatic heterocycles. The highest BCUT2D eigenvalue weighted by molar-refractivity contribution is 8.00. The van der Waals surface area contributed by atoms with Gasteiger partial charge in [-0.15, -0.1) is 0 Å². The van der Waals surface area contributed by atoms with E-state index in [4.69, 9.17) is 4.74 Å². The van der Waals surface area contributed by atoms with Gasteiger partial charge in [-0.05, 0) is 38.5 Å². The summed E-state index contributed by atoms with van der Waals surface area (Å²) in [7, 11) is 0. The van der Waals surface area contributed by atoms with Crippen molar-refractivity contribution in [3.63, 3.8) is 0 Å². The lowest BCUT2D eigenvalue weighted by Gasteiger charge is -2.34. The van der Waals surface area contributed by atoms with Crippen LogP contribution in [-0.2, 0) is 9.53 Å². The first kappa shape index (κ1) is 13.2. The monoisotopic (exact) mass is 258 g/mol. The lowest BCUT2D eigenvalue weighted by molar-refractivity contribution is -0.142. The van der Waals surface area contributed by atoms with E-state index in [1.807, 2.05) is 11.8 Å². The first-order valence-electron chi connectivity index (χ1n) is 6.57. The molecular weight excluding hydrogens is 236 g/mol. The van der Waals surface area contributed by atoms with Gasteiger partial charge in [-0.1, -0.05) is 6.92 Å². The van der Waals surface area contributed by atoms with Crippen LogP contribution in [0.25, 0.3) is 0 Å². The van der Waals surface area contributed by atoms with Gasteiger partial charge in [-0.2, -0.15) is 11.8 Å². The van der Waals surface area contributed by atoms with Crippen LogP contribution in [0.5, 0.6) is 0 Å². The Bertz CT molecular complexity index is 282. The van der Waals surface area contributed by atoms with Crippen molar-refractivity contribution in [2.45, 2.75) is 56.1 Å². The number of hydrogen-bond acceptors (Lipinski definition) is 3. The summed E-state index contributed by atoms with van der Waals surface area (Å²) in [5.74, 6) is -0.0919. The van der Waals surface area contributed by atoms with Crippen LogP contribution >= 0.6 is 11.8 Å². The molecule has 3 nitrogen and oxygen atoms in total. The molecular formula is C13H22O3S. The normalized spacial score (nSPS) is 42.6. The largest absolute Gasteiger partial charge is 0.481 e. The summed E-state index contributed by atoms with van der Waals surface area (Å²) < 4.78 is 5.56. The molecule has 0 amide bonds. The Kier molecular flexibility index (Phi) is 4.36. The topological polar surface area (TPSA) is 46.5 Å². The Labute approximate surface area is 107 Å². The third kappa shape index (κ3) is 3.16. The molecule has 2 fully saturated rings. The molecule has 1 aliphatic carbocycles. The van der Waals surface area contributed by atoms with E-state index in [0.29, 0.717) is 11.2 Å². The molecule has 0 aromatic heterocycles. The van der Waals surface area contributed by atoms with Gasteiger partial charge < -0.3 is 9.84 Å². The molecule has 17 heavy (non-hydrogen) atoms. The van der Waals surface area contributed by atoms with Crippen molar-refractivity contribution in [2.24, 2.45) is 11.8 Å². The number of thioether (sulfide) groups is 1. The molecule has 0 aromatic rings. The summed E-state index contributed by atoms with van der Waals surface area (Å²) >= 11 is 1.87. The smallest absolute Gasteiger partial charge is 0.307 e. The van der Waals surface area contributed by atoms with Crippen molar-refractivity contribution >= 4 is 17.7 Å². The summed E-state index contributed by atoms with van der Waals surface area (Å²) in [6.07, 6.45) is 4.31. The number of rotatable bonds is 3. The predicted octanol–water partition coefficient (Wildman–Crippen LogP) is 2.79. The number of hydrogen-bond donors (Lipinski definition) is 1. The maximum absolute atomic E-state index is 11.3. The molecule has 1 N–H and O–H groups in total. The van der Waals surface area contributed by atoms with Gasteiger partial charge in [0.05, 0.1) is 12.0 Å². The van der Waals surface area contributed by atoms with Crippen LogP contribution in [0.1, 0.15) is 39.5 Å². The number of carboxylic acid groups (broad SMARTS) is 1. The highest BCUT2D eigenvalue weighted by atomic mass is 32.2. The number of ether oxygens (including phenoxy) is 1. The maximum Gasteiger partial charge on any atom is 0.307 e. The van der Waals surface area contributed by atoms with Gasteiger partial charge in [0, 0.05) is 17.1 Å². The summed E-state index contributed by atoms with van der Waals surface area (Å²) in [6.45, 7) is 5.17. The second-order valence-corrected chi connectivity index (χ2v) is 6.92. The zero-order valence-electron chi connectivity index (χ0n) is 10.6. The summed E-state index contributed by atoms with van der Waals surface area (Å²) in [5, 5.41) is 10.1. The highest BCUT2D eigenvalue weighted by Gasteiger charge is 2.37. The van der Waals surface area contributed by atoms with Crippen LogP contribution in [0.2, 0.25) is 0 Å². The van der Waals surface area contributed by atoms with Gasteiger partial charge >= 0.3 is 5.97 Å². The van der Waals surface area contributed by atoms with E-state index in [0.717, 1.165) is 32.3 Å². The van der Waals surface area contributed by atoms with Crippen LogP contribution in [-0.4, -0.2) is 34.3 Å². The molecule has 98 valence electrons. The van der Waals surface area contributed by atoms with E-state index in [2.05, 4.69) is 13.8 Å². The second-order valence-electron chi connectivity index (χ2n) is 5.44. The average molecular weight is 258 g/mol. The maximum atomic E-state index is 11.3. The van der Waals surface area contributed by atoms with Gasteiger partial charge in [0.25, 0.3) is 0 Å². The first-order chi connectivity index (χ1) is 8.08. The van der Waals surface area contributed by atoms with Crippen LogP contribution in [0, 0.1) is 11.8 Å². The molecule has 2 rings (SSSR count). The standard InChI is InChI=1S/C13H22O3S/c1-8-3-4-10(13(14)15)12(7-8)17-11-5-6-16-9(11)2/h8-12H,3-7H2,1-2H3,(H,14,15). The van der Waals surface area contributed by atoms with E-state index < -0.39 is 5.97 Å². The first-order valence-corrected chi connectivity index (χ1v) is 7.52. The van der Waals surface area contributed by atoms with Crippen molar-refractivity contribution in [3.8, 4) is 0 Å². The Balaban J connectivity index is 1.97. The molecule has 0 spiro atoms. The van der Waals surface area contributed by atoms with Crippen molar-refractivity contribution in [1.29, 1.82) is 0 Å². The number of carboxylic acids is 1.